The third-order valence-electron chi connectivity index (χ3n) is 15.0. The number of allylic oxidation sites excluding steroid dienone is 8. The van der Waals surface area contributed by atoms with Gasteiger partial charge in [-0.3, -0.25) is 0 Å². The van der Waals surface area contributed by atoms with E-state index in [0.29, 0.717) is 17.6 Å². The van der Waals surface area contributed by atoms with Gasteiger partial charge in [-0.2, -0.15) is 0 Å². The molecular formula is C69H49N5. The van der Waals surface area contributed by atoms with Crippen molar-refractivity contribution < 1.29 is 0 Å². The number of nitrogens with zero attached hydrogens (tertiary/aromatic N) is 5. The molecule has 3 aromatic heterocycles. The van der Waals surface area contributed by atoms with Gasteiger partial charge >= 0.3 is 0 Å². The molecule has 0 unspecified atom stereocenters. The lowest BCUT2D eigenvalue weighted by molar-refractivity contribution is 0.764. The third-order valence-corrected chi connectivity index (χ3v) is 15.0. The van der Waals surface area contributed by atoms with Crippen molar-refractivity contribution in [2.45, 2.75) is 24.7 Å². The van der Waals surface area contributed by atoms with Crippen molar-refractivity contribution in [2.24, 2.45) is 0 Å². The van der Waals surface area contributed by atoms with Gasteiger partial charge in [0, 0.05) is 61.3 Å². The van der Waals surface area contributed by atoms with E-state index in [0.717, 1.165) is 80.0 Å². The Morgan fingerprint density at radius 1 is 0.338 bits per heavy atom. The highest BCUT2D eigenvalue weighted by Crippen LogP contribution is 2.46. The van der Waals surface area contributed by atoms with Crippen LogP contribution in [0.1, 0.15) is 36.1 Å². The molecule has 0 fully saturated rings. The van der Waals surface area contributed by atoms with Crippen LogP contribution in [-0.2, 0) is 0 Å². The first-order valence-corrected chi connectivity index (χ1v) is 25.6. The molecule has 0 bridgehead atoms. The fraction of sp³-hybridized carbons (Fsp3) is 0.0580. The largest absolute Gasteiger partial charge is 0.309 e. The van der Waals surface area contributed by atoms with E-state index in [1.165, 1.54) is 43.7 Å². The SMILES string of the molecule is C1=CC[C@H](c2ccc(-c3cc(-c4nc(-c5ccccc5)nc([C@@H]5C=CC=CC5)n4)cc(-c4ccc(-c5ccccc5)cc4)c3-n3c4ccccc4c4cc5c(cc43)c3ccccc3n5-c3ccccc3)cc2)C=C1. The first kappa shape index (κ1) is 43.3. The maximum Gasteiger partial charge on any atom is 0.163 e. The summed E-state index contributed by atoms with van der Waals surface area (Å²) >= 11 is 0. The first-order chi connectivity index (χ1) is 36.7. The van der Waals surface area contributed by atoms with E-state index in [9.17, 15) is 0 Å². The van der Waals surface area contributed by atoms with Crippen LogP contribution < -0.4 is 0 Å². The fourth-order valence-electron chi connectivity index (χ4n) is 11.4. The quantitative estimate of drug-likeness (QED) is 0.145. The van der Waals surface area contributed by atoms with E-state index < -0.39 is 0 Å². The smallest absolute Gasteiger partial charge is 0.163 e. The average Bonchev–Trinajstić information content (AvgIpc) is 3.99. The summed E-state index contributed by atoms with van der Waals surface area (Å²) in [6.45, 7) is 0. The minimum absolute atomic E-state index is 0.0199. The molecule has 5 heteroatoms. The monoisotopic (exact) mass is 947 g/mol. The molecule has 9 aromatic carbocycles. The van der Waals surface area contributed by atoms with Crippen molar-refractivity contribution in [1.29, 1.82) is 0 Å². The number of rotatable bonds is 9. The summed E-state index contributed by atoms with van der Waals surface area (Å²) in [6.07, 6.45) is 19.3. The van der Waals surface area contributed by atoms with E-state index in [2.05, 4.69) is 252 Å². The van der Waals surface area contributed by atoms with Crippen LogP contribution in [-0.4, -0.2) is 24.1 Å². The lowest BCUT2D eigenvalue weighted by atomic mass is 9.89. The second-order valence-electron chi connectivity index (χ2n) is 19.4. The van der Waals surface area contributed by atoms with Crippen molar-refractivity contribution >= 4 is 43.6 Å². The lowest BCUT2D eigenvalue weighted by Gasteiger charge is -2.22. The summed E-state index contributed by atoms with van der Waals surface area (Å²) in [5.74, 6) is 2.40. The van der Waals surface area contributed by atoms with Crippen LogP contribution in [0.25, 0.3) is 111 Å². The number of hydrogen-bond donors (Lipinski definition) is 0. The highest BCUT2D eigenvalue weighted by atomic mass is 15.0. The summed E-state index contributed by atoms with van der Waals surface area (Å²) in [5.41, 5.74) is 16.7. The molecule has 12 aromatic rings. The summed E-state index contributed by atoms with van der Waals surface area (Å²) in [4.78, 5) is 15.9. The van der Waals surface area contributed by atoms with Gasteiger partial charge in [-0.15, -0.1) is 0 Å². The lowest BCUT2D eigenvalue weighted by Crippen LogP contribution is -2.08. The predicted octanol–water partition coefficient (Wildman–Crippen LogP) is 17.6. The van der Waals surface area contributed by atoms with E-state index in [1.54, 1.807) is 0 Å². The summed E-state index contributed by atoms with van der Waals surface area (Å²) in [6, 6.07) is 77.3. The predicted molar refractivity (Wildman–Crippen MR) is 307 cm³/mol. The minimum atomic E-state index is 0.0199. The Morgan fingerprint density at radius 3 is 1.41 bits per heavy atom. The minimum Gasteiger partial charge on any atom is -0.309 e. The van der Waals surface area contributed by atoms with Gasteiger partial charge in [0.25, 0.3) is 0 Å². The number of benzene rings is 9. The molecule has 2 atom stereocenters. The number of para-hydroxylation sites is 3. The van der Waals surface area contributed by atoms with Gasteiger partial charge in [-0.25, -0.2) is 15.0 Å². The van der Waals surface area contributed by atoms with Crippen molar-refractivity contribution in [3.63, 3.8) is 0 Å². The number of hydrogen-bond acceptors (Lipinski definition) is 3. The first-order valence-electron chi connectivity index (χ1n) is 25.6. The Bertz CT molecular complexity index is 4220. The van der Waals surface area contributed by atoms with Gasteiger partial charge in [0.05, 0.1) is 27.8 Å². The highest BCUT2D eigenvalue weighted by molar-refractivity contribution is 6.19. The molecule has 74 heavy (non-hydrogen) atoms. The van der Waals surface area contributed by atoms with Crippen LogP contribution in [0.15, 0.2) is 261 Å². The normalized spacial score (nSPS) is 15.2. The summed E-state index contributed by atoms with van der Waals surface area (Å²) in [5, 5.41) is 4.78. The van der Waals surface area contributed by atoms with Crippen molar-refractivity contribution in [3.8, 4) is 67.5 Å². The summed E-state index contributed by atoms with van der Waals surface area (Å²) < 4.78 is 4.95. The Labute approximate surface area is 430 Å². The van der Waals surface area contributed by atoms with E-state index >= 15 is 0 Å². The van der Waals surface area contributed by atoms with Crippen LogP contribution in [0.2, 0.25) is 0 Å². The van der Waals surface area contributed by atoms with Crippen molar-refractivity contribution in [3.05, 3.63) is 272 Å². The zero-order valence-electron chi connectivity index (χ0n) is 40.6. The van der Waals surface area contributed by atoms with Crippen LogP contribution >= 0.6 is 0 Å². The number of aromatic nitrogens is 5. The molecule has 0 N–H and O–H groups in total. The second kappa shape index (κ2) is 18.3. The van der Waals surface area contributed by atoms with Gasteiger partial charge in [0.2, 0.25) is 0 Å². The molecule has 0 saturated carbocycles. The Balaban J connectivity index is 1.09. The Hall–Kier alpha value is -9.45. The van der Waals surface area contributed by atoms with Crippen LogP contribution in [0.4, 0.5) is 0 Å². The van der Waals surface area contributed by atoms with Gasteiger partial charge in [0.1, 0.15) is 5.82 Å². The maximum atomic E-state index is 5.40. The molecule has 0 saturated heterocycles. The van der Waals surface area contributed by atoms with E-state index in [-0.39, 0.29) is 5.92 Å². The van der Waals surface area contributed by atoms with Crippen molar-refractivity contribution in [2.75, 3.05) is 0 Å². The zero-order chi connectivity index (χ0) is 49.0. The Kier molecular flexibility index (Phi) is 10.7. The molecule has 0 radical (unpaired) electrons. The standard InChI is InChI=1S/C69H49N5/c1-6-20-46(21-7-1)48-34-38-50(39-35-48)58-42-54(69-71-67(52-24-10-3-11-25-52)70-68(72-69)53-26-12-4-13-27-53)43-59(51-40-36-49(37-41-51)47-22-8-2-9-23-47)66(58)74-63-33-19-17-31-57(63)61-44-64-60(45-65(61)74)56-30-16-18-32-62(56)73(64)55-28-14-5-15-29-55/h1-22,24-26,28-45,47,53H,23,27H2/t47-,53-/m1/s1. The molecule has 5 nitrogen and oxygen atoms in total. The zero-order valence-corrected chi connectivity index (χ0v) is 40.6. The van der Waals surface area contributed by atoms with Crippen molar-refractivity contribution in [1.82, 2.24) is 24.1 Å². The van der Waals surface area contributed by atoms with Crippen LogP contribution in [0.3, 0.4) is 0 Å². The molecule has 2 aliphatic carbocycles. The molecule has 3 heterocycles. The fourth-order valence-corrected chi connectivity index (χ4v) is 11.4. The van der Waals surface area contributed by atoms with E-state index in [4.69, 9.17) is 15.0 Å². The van der Waals surface area contributed by atoms with Crippen LogP contribution in [0, 0.1) is 0 Å². The number of fused-ring (bicyclic) bond motifs is 6. The molecule has 0 spiro atoms. The molecule has 0 aliphatic heterocycles. The summed E-state index contributed by atoms with van der Waals surface area (Å²) in [7, 11) is 0. The van der Waals surface area contributed by atoms with Gasteiger partial charge < -0.3 is 9.13 Å². The molecule has 0 amide bonds. The van der Waals surface area contributed by atoms with Gasteiger partial charge in [-0.1, -0.05) is 212 Å². The Morgan fingerprint density at radius 2 is 0.811 bits per heavy atom. The molecule has 350 valence electrons. The van der Waals surface area contributed by atoms with Crippen LogP contribution in [0.5, 0.6) is 0 Å². The second-order valence-corrected chi connectivity index (χ2v) is 19.4. The van der Waals surface area contributed by atoms with E-state index in [1.807, 2.05) is 18.2 Å². The topological polar surface area (TPSA) is 48.5 Å². The molecular weight excluding hydrogens is 899 g/mol. The van der Waals surface area contributed by atoms with Gasteiger partial charge in [-0.05, 0) is 89.2 Å². The van der Waals surface area contributed by atoms with Gasteiger partial charge in [0.15, 0.2) is 11.6 Å². The molecule has 2 aliphatic rings. The molecule has 14 rings (SSSR count). The maximum absolute atomic E-state index is 5.40. The highest BCUT2D eigenvalue weighted by Gasteiger charge is 2.26. The third kappa shape index (κ3) is 7.60. The average molecular weight is 948 g/mol.